The van der Waals surface area contributed by atoms with Crippen LogP contribution in [0.25, 0.3) is 10.9 Å². The molecule has 0 unspecified atom stereocenters. The number of nitrogens with zero attached hydrogens (tertiary/aromatic N) is 1. The van der Waals surface area contributed by atoms with Crippen LogP contribution in [0.15, 0.2) is 18.2 Å². The third-order valence-corrected chi connectivity index (χ3v) is 2.40. The van der Waals surface area contributed by atoms with Gasteiger partial charge in [0, 0.05) is 23.6 Å². The van der Waals surface area contributed by atoms with E-state index in [1.165, 1.54) is 6.92 Å². The molecule has 0 aliphatic heterocycles. The number of carbonyl (C=O) groups is 1. The predicted octanol–water partition coefficient (Wildman–Crippen LogP) is 1.36. The van der Waals surface area contributed by atoms with Gasteiger partial charge in [0.25, 0.3) is 0 Å². The van der Waals surface area contributed by atoms with Gasteiger partial charge in [0.1, 0.15) is 0 Å². The van der Waals surface area contributed by atoms with Gasteiger partial charge in [-0.15, -0.1) is 0 Å². The first-order valence-corrected chi connectivity index (χ1v) is 5.35. The molecule has 0 fully saturated rings. The maximum atomic E-state index is 10.6. The number of fused-ring (bicyclic) bond motifs is 1. The second-order valence-corrected chi connectivity index (χ2v) is 3.79. The highest BCUT2D eigenvalue weighted by Crippen LogP contribution is 2.15. The lowest BCUT2D eigenvalue weighted by Crippen LogP contribution is -2.19. The number of benzene rings is 1. The van der Waals surface area contributed by atoms with Gasteiger partial charge in [0.05, 0.1) is 12.1 Å². The summed E-state index contributed by atoms with van der Waals surface area (Å²) in [7, 11) is 0. The molecule has 0 saturated heterocycles. The Labute approximate surface area is 99.4 Å². The number of aryl methyl sites for hydroxylation is 1. The molecule has 0 atom stereocenters. The van der Waals surface area contributed by atoms with Crippen LogP contribution in [0.3, 0.4) is 0 Å². The Bertz CT molecular complexity index is 616. The predicted molar refractivity (Wildman–Crippen MR) is 66.4 cm³/mol. The SMILES string of the molecule is CC(=O)NCC#Cc1ccc2c(C)[nH]nc2c1. The first kappa shape index (κ1) is 11.2. The molecule has 17 heavy (non-hydrogen) atoms. The molecule has 1 aromatic heterocycles. The number of carbonyl (C=O) groups excluding carboxylic acids is 1. The van der Waals surface area contributed by atoms with Crippen LogP contribution in [0.1, 0.15) is 18.2 Å². The molecule has 0 bridgehead atoms. The first-order chi connectivity index (χ1) is 8.16. The third-order valence-electron chi connectivity index (χ3n) is 2.40. The molecule has 0 aliphatic carbocycles. The lowest BCUT2D eigenvalue weighted by Gasteiger charge is -1.93. The zero-order valence-electron chi connectivity index (χ0n) is 9.79. The fraction of sp³-hybridized carbons (Fsp3) is 0.231. The zero-order chi connectivity index (χ0) is 12.3. The number of aromatic amines is 1. The van der Waals surface area contributed by atoms with E-state index in [4.69, 9.17) is 0 Å². The Morgan fingerprint density at radius 2 is 2.35 bits per heavy atom. The van der Waals surface area contributed by atoms with Crippen molar-refractivity contribution in [2.24, 2.45) is 0 Å². The summed E-state index contributed by atoms with van der Waals surface area (Å²) >= 11 is 0. The summed E-state index contributed by atoms with van der Waals surface area (Å²) in [6.45, 7) is 3.82. The minimum Gasteiger partial charge on any atom is -0.345 e. The van der Waals surface area contributed by atoms with Crippen molar-refractivity contribution in [3.8, 4) is 11.8 Å². The van der Waals surface area contributed by atoms with Crippen molar-refractivity contribution >= 4 is 16.8 Å². The number of aromatic nitrogens is 2. The average Bonchev–Trinajstić information content (AvgIpc) is 2.66. The van der Waals surface area contributed by atoms with Gasteiger partial charge in [-0.25, -0.2) is 0 Å². The molecule has 0 spiro atoms. The van der Waals surface area contributed by atoms with Gasteiger partial charge >= 0.3 is 0 Å². The number of H-pyrrole nitrogens is 1. The van der Waals surface area contributed by atoms with E-state index >= 15 is 0 Å². The van der Waals surface area contributed by atoms with Gasteiger partial charge in [0.15, 0.2) is 0 Å². The van der Waals surface area contributed by atoms with Crippen molar-refractivity contribution in [2.75, 3.05) is 6.54 Å². The number of amides is 1. The molecule has 0 aliphatic rings. The average molecular weight is 227 g/mol. The van der Waals surface area contributed by atoms with Gasteiger partial charge in [-0.05, 0) is 25.1 Å². The van der Waals surface area contributed by atoms with Gasteiger partial charge < -0.3 is 5.32 Å². The first-order valence-electron chi connectivity index (χ1n) is 5.35. The molecule has 2 rings (SSSR count). The van der Waals surface area contributed by atoms with E-state index in [1.807, 2.05) is 25.1 Å². The highest BCUT2D eigenvalue weighted by atomic mass is 16.1. The van der Waals surface area contributed by atoms with E-state index in [9.17, 15) is 4.79 Å². The summed E-state index contributed by atoms with van der Waals surface area (Å²) < 4.78 is 0. The van der Waals surface area contributed by atoms with Crippen LogP contribution >= 0.6 is 0 Å². The van der Waals surface area contributed by atoms with Crippen LogP contribution in [0.4, 0.5) is 0 Å². The molecule has 4 heteroatoms. The maximum Gasteiger partial charge on any atom is 0.217 e. The van der Waals surface area contributed by atoms with Crippen molar-refractivity contribution in [1.82, 2.24) is 15.5 Å². The quantitative estimate of drug-likeness (QED) is 0.723. The Kier molecular flexibility index (Phi) is 3.10. The molecule has 0 saturated carbocycles. The summed E-state index contributed by atoms with van der Waals surface area (Å²) in [5.41, 5.74) is 2.86. The van der Waals surface area contributed by atoms with Gasteiger partial charge in [-0.2, -0.15) is 5.10 Å². The Morgan fingerprint density at radius 3 is 3.12 bits per heavy atom. The van der Waals surface area contributed by atoms with Gasteiger partial charge in [-0.3, -0.25) is 9.89 Å². The van der Waals surface area contributed by atoms with Crippen LogP contribution in [-0.4, -0.2) is 22.6 Å². The zero-order valence-corrected chi connectivity index (χ0v) is 9.79. The van der Waals surface area contributed by atoms with E-state index in [-0.39, 0.29) is 5.91 Å². The minimum absolute atomic E-state index is 0.0716. The van der Waals surface area contributed by atoms with Crippen molar-refractivity contribution < 1.29 is 4.79 Å². The number of hydrogen-bond acceptors (Lipinski definition) is 2. The molecule has 0 radical (unpaired) electrons. The molecule has 4 nitrogen and oxygen atoms in total. The topological polar surface area (TPSA) is 57.8 Å². The molecule has 1 amide bonds. The number of hydrogen-bond donors (Lipinski definition) is 2. The monoisotopic (exact) mass is 227 g/mol. The van der Waals surface area contributed by atoms with Crippen molar-refractivity contribution in [3.63, 3.8) is 0 Å². The van der Waals surface area contributed by atoms with E-state index in [2.05, 4.69) is 27.4 Å². The van der Waals surface area contributed by atoms with Crippen molar-refractivity contribution in [3.05, 3.63) is 29.5 Å². The molecule has 1 aromatic carbocycles. The number of rotatable bonds is 1. The molecule has 2 aromatic rings. The van der Waals surface area contributed by atoms with Crippen LogP contribution in [0.2, 0.25) is 0 Å². The normalized spacial score (nSPS) is 9.76. The fourth-order valence-electron chi connectivity index (χ4n) is 1.54. The molecule has 1 heterocycles. The Hall–Kier alpha value is -2.28. The van der Waals surface area contributed by atoms with E-state index < -0.39 is 0 Å². The smallest absolute Gasteiger partial charge is 0.217 e. The molecular formula is C13H13N3O. The molecule has 2 N–H and O–H groups in total. The highest BCUT2D eigenvalue weighted by Gasteiger charge is 2.00. The van der Waals surface area contributed by atoms with Crippen LogP contribution in [0.5, 0.6) is 0 Å². The second kappa shape index (κ2) is 4.71. The summed E-state index contributed by atoms with van der Waals surface area (Å²) in [6, 6.07) is 5.88. The van der Waals surface area contributed by atoms with Crippen molar-refractivity contribution in [2.45, 2.75) is 13.8 Å². The lowest BCUT2D eigenvalue weighted by molar-refractivity contribution is -0.118. The largest absolute Gasteiger partial charge is 0.345 e. The Morgan fingerprint density at radius 1 is 1.53 bits per heavy atom. The van der Waals surface area contributed by atoms with E-state index in [0.717, 1.165) is 22.2 Å². The van der Waals surface area contributed by atoms with Crippen molar-refractivity contribution in [1.29, 1.82) is 0 Å². The summed E-state index contributed by atoms with van der Waals surface area (Å²) in [6.07, 6.45) is 0. The van der Waals surface area contributed by atoms with Crippen LogP contribution in [-0.2, 0) is 4.79 Å². The fourth-order valence-corrected chi connectivity index (χ4v) is 1.54. The Balaban J connectivity index is 2.16. The standard InChI is InChI=1S/C13H13N3O/c1-9-12-6-5-11(8-13(12)16-15-9)4-3-7-14-10(2)17/h5-6,8H,7H2,1-2H3,(H,14,17)(H,15,16). The third kappa shape index (κ3) is 2.64. The van der Waals surface area contributed by atoms with E-state index in [0.29, 0.717) is 6.54 Å². The molecular weight excluding hydrogens is 214 g/mol. The van der Waals surface area contributed by atoms with Crippen LogP contribution in [0, 0.1) is 18.8 Å². The maximum absolute atomic E-state index is 10.6. The summed E-state index contributed by atoms with van der Waals surface area (Å²) in [4.78, 5) is 10.6. The highest BCUT2D eigenvalue weighted by molar-refractivity contribution is 5.82. The van der Waals surface area contributed by atoms with E-state index in [1.54, 1.807) is 0 Å². The minimum atomic E-state index is -0.0716. The summed E-state index contributed by atoms with van der Waals surface area (Å²) in [5.74, 6) is 5.80. The van der Waals surface area contributed by atoms with Crippen LogP contribution < -0.4 is 5.32 Å². The van der Waals surface area contributed by atoms with Gasteiger partial charge in [0.2, 0.25) is 5.91 Å². The number of nitrogens with one attached hydrogen (secondary N) is 2. The second-order valence-electron chi connectivity index (χ2n) is 3.79. The van der Waals surface area contributed by atoms with Gasteiger partial charge in [-0.1, -0.05) is 11.8 Å². The summed E-state index contributed by atoms with van der Waals surface area (Å²) in [5, 5.41) is 10.8. The molecule has 86 valence electrons. The lowest BCUT2D eigenvalue weighted by atomic mass is 10.1.